The zero-order valence-corrected chi connectivity index (χ0v) is 20.2. The van der Waals surface area contributed by atoms with E-state index in [-0.39, 0.29) is 11.3 Å². The highest BCUT2D eigenvalue weighted by molar-refractivity contribution is 7.10. The van der Waals surface area contributed by atoms with Gasteiger partial charge in [0.15, 0.2) is 0 Å². The minimum atomic E-state index is -0.630. The average molecular weight is 471 g/mol. The highest BCUT2D eigenvalue weighted by Gasteiger charge is 2.46. The number of fused-ring (bicyclic) bond motifs is 1. The SMILES string of the molecule is Cc1ccc(C)c(/C(O)=C2/C(=O)C(=O)N(CCc3cn(C)c4ccccc34)C2c2cccs2)c1. The summed E-state index contributed by atoms with van der Waals surface area (Å²) >= 11 is 1.48. The first-order chi connectivity index (χ1) is 16.4. The molecule has 0 aliphatic carbocycles. The Hall–Kier alpha value is -3.64. The van der Waals surface area contributed by atoms with E-state index in [1.807, 2.05) is 68.7 Å². The van der Waals surface area contributed by atoms with Crippen LogP contribution in [0.3, 0.4) is 0 Å². The first-order valence-corrected chi connectivity index (χ1v) is 12.2. The van der Waals surface area contributed by atoms with Crippen LogP contribution >= 0.6 is 11.3 Å². The molecule has 1 atom stereocenters. The number of thiophene rings is 1. The third kappa shape index (κ3) is 3.64. The number of ketones is 1. The summed E-state index contributed by atoms with van der Waals surface area (Å²) in [7, 11) is 2.01. The molecule has 1 amide bonds. The third-order valence-corrected chi connectivity index (χ3v) is 7.53. The number of hydrogen-bond donors (Lipinski definition) is 1. The molecule has 6 heteroatoms. The number of carbonyl (C=O) groups is 2. The van der Waals surface area contributed by atoms with Crippen molar-refractivity contribution in [2.45, 2.75) is 26.3 Å². The van der Waals surface area contributed by atoms with Gasteiger partial charge >= 0.3 is 0 Å². The second kappa shape index (κ2) is 8.61. The van der Waals surface area contributed by atoms with Crippen LogP contribution in [0, 0.1) is 13.8 Å². The predicted molar refractivity (Wildman–Crippen MR) is 136 cm³/mol. The molecule has 2 aromatic heterocycles. The van der Waals surface area contributed by atoms with Crippen LogP contribution in [0.2, 0.25) is 0 Å². The van der Waals surface area contributed by atoms with Crippen molar-refractivity contribution in [3.63, 3.8) is 0 Å². The number of carbonyl (C=O) groups excluding carboxylic acids is 2. The molecule has 1 aliphatic rings. The van der Waals surface area contributed by atoms with Crippen molar-refractivity contribution in [3.8, 4) is 0 Å². The maximum absolute atomic E-state index is 13.3. The molecule has 1 aliphatic heterocycles. The van der Waals surface area contributed by atoms with Crippen LogP contribution < -0.4 is 0 Å². The smallest absolute Gasteiger partial charge is 0.295 e. The number of Topliss-reactive ketones (excluding diaryl/α,β-unsaturated/α-hetero) is 1. The van der Waals surface area contributed by atoms with Gasteiger partial charge in [-0.05, 0) is 55.0 Å². The number of aliphatic hydroxyl groups is 1. The maximum Gasteiger partial charge on any atom is 0.295 e. The zero-order valence-electron chi connectivity index (χ0n) is 19.4. The van der Waals surface area contributed by atoms with Crippen molar-refractivity contribution in [3.05, 3.63) is 98.9 Å². The van der Waals surface area contributed by atoms with E-state index in [1.165, 1.54) is 11.3 Å². The van der Waals surface area contributed by atoms with E-state index in [1.54, 1.807) is 4.90 Å². The van der Waals surface area contributed by atoms with Gasteiger partial charge in [-0.1, -0.05) is 42.0 Å². The van der Waals surface area contributed by atoms with Gasteiger partial charge in [0, 0.05) is 41.1 Å². The Balaban J connectivity index is 1.57. The van der Waals surface area contributed by atoms with E-state index >= 15 is 0 Å². The number of amides is 1. The van der Waals surface area contributed by atoms with E-state index < -0.39 is 17.7 Å². The number of nitrogens with zero attached hydrogens (tertiary/aromatic N) is 2. The minimum absolute atomic E-state index is 0.106. The molecule has 0 spiro atoms. The average Bonchev–Trinajstić information content (AvgIpc) is 3.53. The fraction of sp³-hybridized carbons (Fsp3) is 0.214. The van der Waals surface area contributed by atoms with Crippen LogP contribution in [-0.2, 0) is 23.1 Å². The number of para-hydroxylation sites is 1. The van der Waals surface area contributed by atoms with Crippen molar-refractivity contribution in [1.82, 2.24) is 9.47 Å². The third-order valence-electron chi connectivity index (χ3n) is 6.60. The highest BCUT2D eigenvalue weighted by Crippen LogP contribution is 2.41. The molecule has 172 valence electrons. The Labute approximate surface area is 202 Å². The second-order valence-electron chi connectivity index (χ2n) is 8.86. The van der Waals surface area contributed by atoms with Gasteiger partial charge < -0.3 is 14.6 Å². The van der Waals surface area contributed by atoms with E-state index in [9.17, 15) is 14.7 Å². The van der Waals surface area contributed by atoms with Crippen LogP contribution in [-0.4, -0.2) is 32.8 Å². The molecule has 5 rings (SSSR count). The molecule has 0 radical (unpaired) electrons. The van der Waals surface area contributed by atoms with Crippen LogP contribution in [0.15, 0.2) is 71.7 Å². The summed E-state index contributed by atoms with van der Waals surface area (Å²) in [5, 5.41) is 14.4. The van der Waals surface area contributed by atoms with Gasteiger partial charge in [0.2, 0.25) is 0 Å². The number of hydrogen-bond acceptors (Lipinski definition) is 4. The van der Waals surface area contributed by atoms with E-state index in [4.69, 9.17) is 0 Å². The van der Waals surface area contributed by atoms with E-state index in [2.05, 4.69) is 22.9 Å². The summed E-state index contributed by atoms with van der Waals surface area (Å²) in [5.74, 6) is -1.30. The number of rotatable bonds is 5. The molecule has 2 aromatic carbocycles. The lowest BCUT2D eigenvalue weighted by Crippen LogP contribution is -2.31. The van der Waals surface area contributed by atoms with Gasteiger partial charge in [-0.2, -0.15) is 0 Å². The van der Waals surface area contributed by atoms with Crippen molar-refractivity contribution in [2.75, 3.05) is 6.54 Å². The van der Waals surface area contributed by atoms with E-state index in [0.717, 1.165) is 32.5 Å². The first-order valence-electron chi connectivity index (χ1n) is 11.3. The molecule has 4 aromatic rings. The predicted octanol–water partition coefficient (Wildman–Crippen LogP) is 5.52. The topological polar surface area (TPSA) is 62.5 Å². The summed E-state index contributed by atoms with van der Waals surface area (Å²) in [6.07, 6.45) is 2.69. The molecule has 0 bridgehead atoms. The lowest BCUT2D eigenvalue weighted by atomic mass is 9.96. The molecule has 0 saturated carbocycles. The van der Waals surface area contributed by atoms with Crippen LogP contribution in [0.4, 0.5) is 0 Å². The van der Waals surface area contributed by atoms with Crippen LogP contribution in [0.1, 0.15) is 33.2 Å². The molecular weight excluding hydrogens is 444 g/mol. The van der Waals surface area contributed by atoms with Crippen molar-refractivity contribution < 1.29 is 14.7 Å². The zero-order chi connectivity index (χ0) is 24.0. The standard InChI is InChI=1S/C28H26N2O3S/c1-17-10-11-18(2)21(15-17)26(31)24-25(23-9-6-14-34-23)30(28(33)27(24)32)13-12-19-16-29(3)22-8-5-4-7-20(19)22/h4-11,14-16,25,31H,12-13H2,1-3H3/b26-24-. The lowest BCUT2D eigenvalue weighted by molar-refractivity contribution is -0.139. The molecule has 1 saturated heterocycles. The molecular formula is C28H26N2O3S. The molecule has 34 heavy (non-hydrogen) atoms. The van der Waals surface area contributed by atoms with Gasteiger partial charge in [-0.25, -0.2) is 0 Å². The fourth-order valence-electron chi connectivity index (χ4n) is 4.86. The highest BCUT2D eigenvalue weighted by atomic mass is 32.1. The Morgan fingerprint density at radius 3 is 2.62 bits per heavy atom. The number of aromatic nitrogens is 1. The minimum Gasteiger partial charge on any atom is -0.507 e. The second-order valence-corrected chi connectivity index (χ2v) is 9.84. The molecule has 3 heterocycles. The number of aliphatic hydroxyl groups excluding tert-OH is 1. The fourth-order valence-corrected chi connectivity index (χ4v) is 5.70. The summed E-state index contributed by atoms with van der Waals surface area (Å²) in [6, 6.07) is 17.1. The molecule has 5 nitrogen and oxygen atoms in total. The van der Waals surface area contributed by atoms with Crippen molar-refractivity contribution >= 4 is 39.7 Å². The van der Waals surface area contributed by atoms with Gasteiger partial charge in [0.1, 0.15) is 5.76 Å². The monoisotopic (exact) mass is 470 g/mol. The van der Waals surface area contributed by atoms with Gasteiger partial charge in [0.05, 0.1) is 11.6 Å². The summed E-state index contributed by atoms with van der Waals surface area (Å²) in [5.41, 5.74) is 4.84. The Bertz CT molecular complexity index is 1450. The van der Waals surface area contributed by atoms with Crippen LogP contribution in [0.25, 0.3) is 16.7 Å². The van der Waals surface area contributed by atoms with Crippen LogP contribution in [0.5, 0.6) is 0 Å². The van der Waals surface area contributed by atoms with E-state index in [0.29, 0.717) is 18.5 Å². The number of aryl methyl sites for hydroxylation is 3. The molecule has 1 N–H and O–H groups in total. The first kappa shape index (κ1) is 22.2. The quantitative estimate of drug-likeness (QED) is 0.237. The summed E-state index contributed by atoms with van der Waals surface area (Å²) in [6.45, 7) is 4.21. The van der Waals surface area contributed by atoms with Crippen molar-refractivity contribution in [2.24, 2.45) is 7.05 Å². The van der Waals surface area contributed by atoms with Gasteiger partial charge in [-0.15, -0.1) is 11.3 Å². The number of likely N-dealkylation sites (tertiary alicyclic amines) is 1. The Morgan fingerprint density at radius 1 is 1.06 bits per heavy atom. The molecule has 1 unspecified atom stereocenters. The van der Waals surface area contributed by atoms with Crippen molar-refractivity contribution in [1.29, 1.82) is 0 Å². The maximum atomic E-state index is 13.3. The molecule has 1 fully saturated rings. The normalized spacial score (nSPS) is 17.7. The largest absolute Gasteiger partial charge is 0.507 e. The number of benzene rings is 2. The Kier molecular flexibility index (Phi) is 5.62. The lowest BCUT2D eigenvalue weighted by Gasteiger charge is -2.24. The Morgan fingerprint density at radius 2 is 1.85 bits per heavy atom. The summed E-state index contributed by atoms with van der Waals surface area (Å²) in [4.78, 5) is 29.0. The summed E-state index contributed by atoms with van der Waals surface area (Å²) < 4.78 is 2.08. The van der Waals surface area contributed by atoms with Gasteiger partial charge in [0.25, 0.3) is 11.7 Å². The van der Waals surface area contributed by atoms with Gasteiger partial charge in [-0.3, -0.25) is 9.59 Å².